The van der Waals surface area contributed by atoms with Gasteiger partial charge in [-0.2, -0.15) is 0 Å². The van der Waals surface area contributed by atoms with E-state index in [1.165, 1.54) is 18.4 Å². The molecule has 0 atom stereocenters. The molecule has 23 heavy (non-hydrogen) atoms. The van der Waals surface area contributed by atoms with Crippen LogP contribution in [-0.2, 0) is 11.2 Å². The Hall–Kier alpha value is -2.14. The van der Waals surface area contributed by atoms with Gasteiger partial charge in [-0.05, 0) is 30.5 Å². The molecule has 1 aliphatic rings. The maximum absolute atomic E-state index is 5.39. The molecule has 5 heteroatoms. The van der Waals surface area contributed by atoms with Crippen LogP contribution in [0.15, 0.2) is 36.7 Å². The summed E-state index contributed by atoms with van der Waals surface area (Å²) in [7, 11) is 0. The number of rotatable bonds is 6. The second kappa shape index (κ2) is 7.92. The summed E-state index contributed by atoms with van der Waals surface area (Å²) < 4.78 is 5.39. The lowest BCUT2D eigenvalue weighted by molar-refractivity contribution is 0.122. The third-order valence-electron chi connectivity index (χ3n) is 4.03. The number of nitrogens with one attached hydrogen (secondary N) is 1. The number of morpholine rings is 1. The van der Waals surface area contributed by atoms with E-state index in [9.17, 15) is 0 Å². The Bertz CT molecular complexity index is 609. The van der Waals surface area contributed by atoms with E-state index in [1.54, 1.807) is 6.33 Å². The van der Waals surface area contributed by atoms with Crippen molar-refractivity contribution in [2.45, 2.75) is 26.2 Å². The smallest absolute Gasteiger partial charge is 0.135 e. The van der Waals surface area contributed by atoms with Gasteiger partial charge < -0.3 is 15.0 Å². The van der Waals surface area contributed by atoms with Crippen molar-refractivity contribution >= 4 is 17.3 Å². The number of aryl methyl sites for hydroxylation is 1. The molecule has 1 aliphatic heterocycles. The lowest BCUT2D eigenvalue weighted by Crippen LogP contribution is -2.36. The number of ether oxygens (including phenoxy) is 1. The summed E-state index contributed by atoms with van der Waals surface area (Å²) in [5, 5.41) is 3.36. The van der Waals surface area contributed by atoms with Gasteiger partial charge in [0.2, 0.25) is 0 Å². The topological polar surface area (TPSA) is 50.3 Å². The van der Waals surface area contributed by atoms with Crippen LogP contribution in [0.25, 0.3) is 0 Å². The van der Waals surface area contributed by atoms with Crippen LogP contribution in [0.5, 0.6) is 0 Å². The van der Waals surface area contributed by atoms with Crippen LogP contribution in [-0.4, -0.2) is 36.3 Å². The normalized spacial score (nSPS) is 14.7. The Kier molecular flexibility index (Phi) is 5.42. The molecule has 2 heterocycles. The van der Waals surface area contributed by atoms with E-state index in [-0.39, 0.29) is 0 Å². The predicted molar refractivity (Wildman–Crippen MR) is 93.4 cm³/mol. The first-order valence-corrected chi connectivity index (χ1v) is 8.36. The highest BCUT2D eigenvalue weighted by molar-refractivity contribution is 5.59. The number of nitrogens with zero attached hydrogens (tertiary/aromatic N) is 3. The van der Waals surface area contributed by atoms with Gasteiger partial charge in [-0.3, -0.25) is 0 Å². The van der Waals surface area contributed by atoms with E-state index in [0.717, 1.165) is 50.0 Å². The first-order chi connectivity index (χ1) is 11.3. The molecule has 0 aliphatic carbocycles. The number of anilines is 3. The quantitative estimate of drug-likeness (QED) is 0.886. The number of aromatic nitrogens is 2. The number of unbranched alkanes of at least 4 members (excludes halogenated alkanes) is 1. The van der Waals surface area contributed by atoms with Crippen molar-refractivity contribution in [3.05, 3.63) is 42.2 Å². The van der Waals surface area contributed by atoms with E-state index in [1.807, 2.05) is 6.07 Å². The van der Waals surface area contributed by atoms with Gasteiger partial charge in [0.1, 0.15) is 18.0 Å². The zero-order valence-corrected chi connectivity index (χ0v) is 13.7. The minimum absolute atomic E-state index is 0.756. The second-order valence-corrected chi connectivity index (χ2v) is 5.79. The Balaban J connectivity index is 1.65. The van der Waals surface area contributed by atoms with E-state index in [4.69, 9.17) is 4.74 Å². The van der Waals surface area contributed by atoms with E-state index >= 15 is 0 Å². The minimum Gasteiger partial charge on any atom is -0.378 e. The zero-order chi connectivity index (χ0) is 15.9. The number of hydrogen-bond acceptors (Lipinski definition) is 5. The lowest BCUT2D eigenvalue weighted by atomic mass is 10.1. The molecular weight excluding hydrogens is 288 g/mol. The predicted octanol–water partition coefficient (Wildman–Crippen LogP) is 3.40. The number of hydrogen-bond donors (Lipinski definition) is 1. The van der Waals surface area contributed by atoms with Crippen molar-refractivity contribution in [1.82, 2.24) is 9.97 Å². The monoisotopic (exact) mass is 312 g/mol. The summed E-state index contributed by atoms with van der Waals surface area (Å²) in [5.74, 6) is 1.77. The van der Waals surface area contributed by atoms with Crippen LogP contribution < -0.4 is 10.2 Å². The van der Waals surface area contributed by atoms with Crippen LogP contribution >= 0.6 is 0 Å². The van der Waals surface area contributed by atoms with Crippen molar-refractivity contribution in [2.24, 2.45) is 0 Å². The summed E-state index contributed by atoms with van der Waals surface area (Å²) >= 11 is 0. The Morgan fingerprint density at radius 1 is 1.13 bits per heavy atom. The molecule has 1 saturated heterocycles. The zero-order valence-electron chi connectivity index (χ0n) is 13.7. The van der Waals surface area contributed by atoms with E-state index in [2.05, 4.69) is 51.4 Å². The number of benzene rings is 1. The van der Waals surface area contributed by atoms with Gasteiger partial charge in [0.05, 0.1) is 13.2 Å². The largest absolute Gasteiger partial charge is 0.378 e. The van der Waals surface area contributed by atoms with Crippen molar-refractivity contribution in [3.63, 3.8) is 0 Å². The molecular formula is C18H24N4O. The fourth-order valence-corrected chi connectivity index (χ4v) is 2.66. The summed E-state index contributed by atoms with van der Waals surface area (Å²) in [4.78, 5) is 10.9. The second-order valence-electron chi connectivity index (χ2n) is 5.79. The average Bonchev–Trinajstić information content (AvgIpc) is 2.62. The van der Waals surface area contributed by atoms with Crippen molar-refractivity contribution < 1.29 is 4.74 Å². The highest BCUT2D eigenvalue weighted by atomic mass is 16.5. The summed E-state index contributed by atoms with van der Waals surface area (Å²) in [6.07, 6.45) is 5.22. The average molecular weight is 312 g/mol. The van der Waals surface area contributed by atoms with Gasteiger partial charge in [0.25, 0.3) is 0 Å². The molecule has 1 aromatic heterocycles. The molecule has 0 amide bonds. The standard InChI is InChI=1S/C18H24N4O/c1-2-3-4-15-5-7-16(8-6-15)21-17-13-18(20-14-19-17)22-9-11-23-12-10-22/h5-8,13-14H,2-4,9-12H2,1H3,(H,19,20,21). The molecule has 122 valence electrons. The fourth-order valence-electron chi connectivity index (χ4n) is 2.66. The lowest BCUT2D eigenvalue weighted by Gasteiger charge is -2.27. The first kappa shape index (κ1) is 15.7. The van der Waals surface area contributed by atoms with Crippen LogP contribution in [0.1, 0.15) is 25.3 Å². The fraction of sp³-hybridized carbons (Fsp3) is 0.444. The molecule has 0 spiro atoms. The van der Waals surface area contributed by atoms with Crippen molar-refractivity contribution in [1.29, 1.82) is 0 Å². The SMILES string of the molecule is CCCCc1ccc(Nc2cc(N3CCOCC3)ncn2)cc1. The van der Waals surface area contributed by atoms with Crippen LogP contribution in [0.2, 0.25) is 0 Å². The van der Waals surface area contributed by atoms with Crippen molar-refractivity contribution in [2.75, 3.05) is 36.5 Å². The molecule has 5 nitrogen and oxygen atoms in total. The Labute approximate surface area is 137 Å². The molecule has 1 N–H and O–H groups in total. The van der Waals surface area contributed by atoms with E-state index < -0.39 is 0 Å². The summed E-state index contributed by atoms with van der Waals surface area (Å²) in [6.45, 7) is 5.49. The van der Waals surface area contributed by atoms with Gasteiger partial charge >= 0.3 is 0 Å². The third kappa shape index (κ3) is 4.42. The highest BCUT2D eigenvalue weighted by Crippen LogP contribution is 2.20. The first-order valence-electron chi connectivity index (χ1n) is 8.36. The van der Waals surface area contributed by atoms with Gasteiger partial charge in [-0.1, -0.05) is 25.5 Å². The molecule has 0 unspecified atom stereocenters. The molecule has 0 radical (unpaired) electrons. The van der Waals surface area contributed by atoms with Crippen molar-refractivity contribution in [3.8, 4) is 0 Å². The molecule has 1 aromatic carbocycles. The van der Waals surface area contributed by atoms with Crippen LogP contribution in [0.3, 0.4) is 0 Å². The highest BCUT2D eigenvalue weighted by Gasteiger charge is 2.13. The van der Waals surface area contributed by atoms with Gasteiger partial charge in [-0.15, -0.1) is 0 Å². The maximum atomic E-state index is 5.39. The molecule has 0 saturated carbocycles. The summed E-state index contributed by atoms with van der Waals surface area (Å²) in [5.41, 5.74) is 2.44. The van der Waals surface area contributed by atoms with Crippen LogP contribution in [0, 0.1) is 0 Å². The van der Waals surface area contributed by atoms with Gasteiger partial charge in [0.15, 0.2) is 0 Å². The van der Waals surface area contributed by atoms with Crippen LogP contribution in [0.4, 0.5) is 17.3 Å². The summed E-state index contributed by atoms with van der Waals surface area (Å²) in [6, 6.07) is 10.6. The molecule has 1 fully saturated rings. The van der Waals surface area contributed by atoms with Gasteiger partial charge in [-0.25, -0.2) is 9.97 Å². The Morgan fingerprint density at radius 2 is 1.91 bits per heavy atom. The van der Waals surface area contributed by atoms with E-state index in [0.29, 0.717) is 0 Å². The minimum atomic E-state index is 0.756. The molecule has 2 aromatic rings. The maximum Gasteiger partial charge on any atom is 0.135 e. The molecule has 0 bridgehead atoms. The third-order valence-corrected chi connectivity index (χ3v) is 4.03. The molecule has 3 rings (SSSR count). The Morgan fingerprint density at radius 3 is 2.65 bits per heavy atom. The van der Waals surface area contributed by atoms with Gasteiger partial charge in [0, 0.05) is 24.8 Å².